The highest BCUT2D eigenvalue weighted by atomic mass is 16.6. The first-order chi connectivity index (χ1) is 10.4. The Bertz CT molecular complexity index is 767. The van der Waals surface area contributed by atoms with E-state index >= 15 is 0 Å². The van der Waals surface area contributed by atoms with Gasteiger partial charge in [-0.05, 0) is 35.6 Å². The zero-order chi connectivity index (χ0) is 16.3. The summed E-state index contributed by atoms with van der Waals surface area (Å²) in [5.41, 5.74) is 1.57. The smallest absolute Gasteiger partial charge is 0.347 e. The number of rotatable bonds is 4. The van der Waals surface area contributed by atoms with Crippen LogP contribution < -0.4 is 0 Å². The number of aryl methyl sites for hydroxylation is 1. The molecule has 1 aromatic carbocycles. The van der Waals surface area contributed by atoms with Crippen LogP contribution in [0.5, 0.6) is 0 Å². The summed E-state index contributed by atoms with van der Waals surface area (Å²) >= 11 is 0. The number of aromatic nitrogens is 2. The number of hydrogen-bond donors (Lipinski definition) is 1. The van der Waals surface area contributed by atoms with Gasteiger partial charge in [0.15, 0.2) is 5.82 Å². The minimum atomic E-state index is -0.928. The van der Waals surface area contributed by atoms with Gasteiger partial charge in [-0.3, -0.25) is 0 Å². The van der Waals surface area contributed by atoms with Gasteiger partial charge in [0, 0.05) is 6.92 Å². The molecule has 1 atom stereocenters. The SMILES string of the molecule is Cc1ncc([N+](=O)[O-])n1/C(=C/c1ccc(C#N)cc1)C(C)O. The van der Waals surface area contributed by atoms with Gasteiger partial charge in [0.2, 0.25) is 0 Å². The number of nitrogens with zero attached hydrogens (tertiary/aromatic N) is 4. The molecule has 1 heterocycles. The van der Waals surface area contributed by atoms with Gasteiger partial charge >= 0.3 is 5.82 Å². The lowest BCUT2D eigenvalue weighted by Gasteiger charge is -2.10. The molecule has 0 saturated heterocycles. The van der Waals surface area contributed by atoms with Gasteiger partial charge in [0.25, 0.3) is 0 Å². The van der Waals surface area contributed by atoms with Crippen LogP contribution >= 0.6 is 0 Å². The van der Waals surface area contributed by atoms with Crippen molar-refractivity contribution < 1.29 is 10.0 Å². The van der Waals surface area contributed by atoms with Crippen LogP contribution in [0.1, 0.15) is 23.9 Å². The van der Waals surface area contributed by atoms with Crippen LogP contribution in [0.15, 0.2) is 30.5 Å². The van der Waals surface area contributed by atoms with Crippen molar-refractivity contribution in [2.75, 3.05) is 0 Å². The molecule has 22 heavy (non-hydrogen) atoms. The Morgan fingerprint density at radius 2 is 2.14 bits per heavy atom. The minimum Gasteiger partial charge on any atom is -0.385 e. The molecule has 1 aromatic heterocycles. The van der Waals surface area contributed by atoms with E-state index in [1.807, 2.05) is 6.07 Å². The van der Waals surface area contributed by atoms with E-state index in [4.69, 9.17) is 5.26 Å². The molecule has 0 bridgehead atoms. The summed E-state index contributed by atoms with van der Waals surface area (Å²) in [6, 6.07) is 8.71. The zero-order valence-electron chi connectivity index (χ0n) is 12.1. The average Bonchev–Trinajstić information content (AvgIpc) is 2.87. The molecule has 0 spiro atoms. The first kappa shape index (κ1) is 15.4. The first-order valence-corrected chi connectivity index (χ1v) is 6.53. The maximum Gasteiger partial charge on any atom is 0.347 e. The number of nitriles is 1. The standard InChI is InChI=1S/C15H14N4O3/c1-10(20)14(7-12-3-5-13(8-16)6-4-12)18-11(2)17-9-15(18)19(21)22/h3-7,9-10,20H,1-2H3/b14-7+. The Morgan fingerprint density at radius 1 is 1.50 bits per heavy atom. The third-order valence-electron chi connectivity index (χ3n) is 3.15. The molecule has 1 N–H and O–H groups in total. The largest absolute Gasteiger partial charge is 0.385 e. The van der Waals surface area contributed by atoms with E-state index in [9.17, 15) is 15.2 Å². The van der Waals surface area contributed by atoms with E-state index in [0.29, 0.717) is 17.1 Å². The fourth-order valence-electron chi connectivity index (χ4n) is 2.08. The van der Waals surface area contributed by atoms with Gasteiger partial charge in [-0.25, -0.2) is 4.98 Å². The second-order valence-electron chi connectivity index (χ2n) is 4.74. The lowest BCUT2D eigenvalue weighted by molar-refractivity contribution is -0.391. The van der Waals surface area contributed by atoms with Crippen molar-refractivity contribution in [1.29, 1.82) is 5.26 Å². The monoisotopic (exact) mass is 298 g/mol. The molecule has 0 fully saturated rings. The third-order valence-corrected chi connectivity index (χ3v) is 3.15. The van der Waals surface area contributed by atoms with E-state index in [2.05, 4.69) is 4.98 Å². The van der Waals surface area contributed by atoms with Gasteiger partial charge in [0.05, 0.1) is 11.6 Å². The molecule has 7 nitrogen and oxygen atoms in total. The quantitative estimate of drug-likeness (QED) is 0.689. The molecule has 0 aliphatic rings. The fourth-order valence-corrected chi connectivity index (χ4v) is 2.08. The van der Waals surface area contributed by atoms with E-state index in [1.54, 1.807) is 37.3 Å². The third kappa shape index (κ3) is 3.02. The Labute approximate surface area is 126 Å². The number of hydrogen-bond acceptors (Lipinski definition) is 5. The highest BCUT2D eigenvalue weighted by molar-refractivity contribution is 5.74. The summed E-state index contributed by atoms with van der Waals surface area (Å²) in [4.78, 5) is 14.5. The van der Waals surface area contributed by atoms with Crippen LogP contribution in [0, 0.1) is 28.4 Å². The maximum atomic E-state index is 11.1. The van der Waals surface area contributed by atoms with Crippen molar-refractivity contribution in [1.82, 2.24) is 9.55 Å². The van der Waals surface area contributed by atoms with E-state index < -0.39 is 11.0 Å². The summed E-state index contributed by atoms with van der Waals surface area (Å²) in [5, 5.41) is 29.9. The number of benzene rings is 1. The predicted molar refractivity (Wildman–Crippen MR) is 80.6 cm³/mol. The van der Waals surface area contributed by atoms with E-state index in [0.717, 1.165) is 11.8 Å². The van der Waals surface area contributed by atoms with Crippen molar-refractivity contribution in [3.63, 3.8) is 0 Å². The van der Waals surface area contributed by atoms with Crippen LogP contribution in [-0.4, -0.2) is 25.7 Å². The minimum absolute atomic E-state index is 0.210. The molecule has 2 rings (SSSR count). The molecule has 112 valence electrons. The van der Waals surface area contributed by atoms with Crippen LogP contribution in [0.3, 0.4) is 0 Å². The Hall–Kier alpha value is -2.98. The Balaban J connectivity index is 2.55. The molecule has 1 unspecified atom stereocenters. The van der Waals surface area contributed by atoms with Gasteiger partial charge < -0.3 is 15.2 Å². The molecule has 0 aliphatic heterocycles. The van der Waals surface area contributed by atoms with Crippen LogP contribution in [-0.2, 0) is 0 Å². The number of aliphatic hydroxyl groups is 1. The summed E-state index contributed by atoms with van der Waals surface area (Å²) in [7, 11) is 0. The normalized spacial score (nSPS) is 12.7. The maximum absolute atomic E-state index is 11.1. The molecule has 0 saturated carbocycles. The second kappa shape index (κ2) is 6.20. The molecule has 0 aliphatic carbocycles. The summed E-state index contributed by atoms with van der Waals surface area (Å²) in [6.45, 7) is 3.15. The van der Waals surface area contributed by atoms with Crippen LogP contribution in [0.25, 0.3) is 11.8 Å². The number of imidazole rings is 1. The Kier molecular flexibility index (Phi) is 4.34. The topological polar surface area (TPSA) is 105 Å². The van der Waals surface area contributed by atoms with Crippen molar-refractivity contribution >= 4 is 17.6 Å². The lowest BCUT2D eigenvalue weighted by atomic mass is 10.1. The zero-order valence-corrected chi connectivity index (χ0v) is 12.1. The van der Waals surface area contributed by atoms with Gasteiger partial charge in [-0.2, -0.15) is 9.83 Å². The average molecular weight is 298 g/mol. The van der Waals surface area contributed by atoms with E-state index in [1.165, 1.54) is 11.5 Å². The van der Waals surface area contributed by atoms with Crippen molar-refractivity contribution in [3.05, 3.63) is 57.5 Å². The second-order valence-corrected chi connectivity index (χ2v) is 4.74. The molecule has 2 aromatic rings. The summed E-state index contributed by atoms with van der Waals surface area (Å²) in [5.74, 6) is 0.200. The van der Waals surface area contributed by atoms with Crippen LogP contribution in [0.2, 0.25) is 0 Å². The van der Waals surface area contributed by atoms with Gasteiger partial charge in [-0.15, -0.1) is 0 Å². The first-order valence-electron chi connectivity index (χ1n) is 6.53. The Morgan fingerprint density at radius 3 is 2.64 bits per heavy atom. The fraction of sp³-hybridized carbons (Fsp3) is 0.200. The number of nitro groups is 1. The molecule has 7 heteroatoms. The highest BCUT2D eigenvalue weighted by Gasteiger charge is 2.24. The van der Waals surface area contributed by atoms with Crippen molar-refractivity contribution in [2.45, 2.75) is 20.0 Å². The molecular formula is C15H14N4O3. The van der Waals surface area contributed by atoms with Gasteiger partial charge in [0.1, 0.15) is 18.0 Å². The molecule has 0 amide bonds. The van der Waals surface area contributed by atoms with E-state index in [-0.39, 0.29) is 5.82 Å². The summed E-state index contributed by atoms with van der Waals surface area (Å²) in [6.07, 6.45) is 1.86. The molecule has 0 radical (unpaired) electrons. The molecular weight excluding hydrogens is 284 g/mol. The van der Waals surface area contributed by atoms with Crippen LogP contribution in [0.4, 0.5) is 5.82 Å². The number of aliphatic hydroxyl groups excluding tert-OH is 1. The van der Waals surface area contributed by atoms with Crippen molar-refractivity contribution in [2.24, 2.45) is 0 Å². The highest BCUT2D eigenvalue weighted by Crippen LogP contribution is 2.24. The van der Waals surface area contributed by atoms with Crippen molar-refractivity contribution in [3.8, 4) is 6.07 Å². The lowest BCUT2D eigenvalue weighted by Crippen LogP contribution is -2.14. The summed E-state index contributed by atoms with van der Waals surface area (Å²) < 4.78 is 1.31. The van der Waals surface area contributed by atoms with Gasteiger partial charge in [-0.1, -0.05) is 12.1 Å². The predicted octanol–water partition coefficient (Wildman–Crippen LogP) is 2.35.